The third-order valence-corrected chi connectivity index (χ3v) is 7.21. The fourth-order valence-electron chi connectivity index (χ4n) is 3.86. The van der Waals surface area contributed by atoms with Crippen molar-refractivity contribution < 1.29 is 18.7 Å². The maximum Gasteiger partial charge on any atom is 0.375 e. The van der Waals surface area contributed by atoms with Gasteiger partial charge in [-0.1, -0.05) is 60.7 Å². The number of benzene rings is 2. The zero-order chi connectivity index (χ0) is 22.5. The summed E-state index contributed by atoms with van der Waals surface area (Å²) in [7, 11) is 0. The number of halogens is 2. The quantitative estimate of drug-likeness (QED) is 0.356. The van der Waals surface area contributed by atoms with Gasteiger partial charge in [-0.2, -0.15) is 11.8 Å². The Morgan fingerprint density at radius 3 is 2.53 bits per heavy atom. The van der Waals surface area contributed by atoms with E-state index < -0.39 is 18.5 Å². The Labute approximate surface area is 200 Å². The molecule has 32 heavy (non-hydrogen) atoms. The minimum Gasteiger partial charge on any atom is -0.450 e. The molecular weight excluding hydrogens is 469 g/mol. The van der Waals surface area contributed by atoms with Crippen molar-refractivity contribution in [1.82, 2.24) is 0 Å². The number of para-hydroxylation sites is 1. The molecule has 1 fully saturated rings. The molecule has 8 heteroatoms. The van der Waals surface area contributed by atoms with Crippen molar-refractivity contribution in [1.29, 1.82) is 0 Å². The van der Waals surface area contributed by atoms with E-state index in [9.17, 15) is 9.59 Å². The average molecular weight is 492 g/mol. The Morgan fingerprint density at radius 1 is 1.06 bits per heavy atom. The number of furan rings is 1. The molecule has 1 saturated carbocycles. The number of carbonyl (C=O) groups excluding carboxylic acids is 2. The molecule has 4 rings (SSSR count). The van der Waals surface area contributed by atoms with Crippen LogP contribution in [0.3, 0.4) is 0 Å². The summed E-state index contributed by atoms with van der Waals surface area (Å²) in [6, 6.07) is 12.2. The van der Waals surface area contributed by atoms with Gasteiger partial charge in [0.15, 0.2) is 6.61 Å². The number of esters is 1. The zero-order valence-electron chi connectivity index (χ0n) is 17.4. The molecule has 1 amide bonds. The van der Waals surface area contributed by atoms with Crippen molar-refractivity contribution in [2.24, 2.45) is 0 Å². The number of rotatable bonds is 7. The van der Waals surface area contributed by atoms with E-state index in [1.807, 2.05) is 36.0 Å². The molecule has 0 radical (unpaired) electrons. The molecule has 3 aromatic rings. The van der Waals surface area contributed by atoms with Gasteiger partial charge in [-0.25, -0.2) is 4.79 Å². The summed E-state index contributed by atoms with van der Waals surface area (Å²) in [6.45, 7) is -0.449. The predicted octanol–water partition coefficient (Wildman–Crippen LogP) is 7.10. The fourth-order valence-corrected chi connectivity index (χ4v) is 5.74. The topological polar surface area (TPSA) is 68.5 Å². The fraction of sp³-hybridized carbons (Fsp3) is 0.333. The number of anilines is 1. The first kappa shape index (κ1) is 23.0. The molecule has 1 aliphatic carbocycles. The molecule has 0 atom stereocenters. The summed E-state index contributed by atoms with van der Waals surface area (Å²) in [6.07, 6.45) is 6.21. The van der Waals surface area contributed by atoms with E-state index in [4.69, 9.17) is 32.4 Å². The van der Waals surface area contributed by atoms with Crippen LogP contribution < -0.4 is 5.32 Å². The second-order valence-corrected chi connectivity index (χ2v) is 9.92. The molecular formula is C24H23Cl2NO4S. The lowest BCUT2D eigenvalue weighted by molar-refractivity contribution is -0.119. The van der Waals surface area contributed by atoms with Gasteiger partial charge in [0.1, 0.15) is 5.58 Å². The molecule has 0 spiro atoms. The molecule has 0 unspecified atom stereocenters. The van der Waals surface area contributed by atoms with Crippen molar-refractivity contribution in [2.45, 2.75) is 43.1 Å². The summed E-state index contributed by atoms with van der Waals surface area (Å²) < 4.78 is 11.1. The van der Waals surface area contributed by atoms with Gasteiger partial charge in [-0.05, 0) is 37.1 Å². The van der Waals surface area contributed by atoms with Crippen LogP contribution in [0.25, 0.3) is 11.0 Å². The zero-order valence-corrected chi connectivity index (χ0v) is 19.7. The summed E-state index contributed by atoms with van der Waals surface area (Å²) >= 11 is 13.8. The van der Waals surface area contributed by atoms with Gasteiger partial charge in [0, 0.05) is 37.7 Å². The van der Waals surface area contributed by atoms with Gasteiger partial charge >= 0.3 is 5.97 Å². The van der Waals surface area contributed by atoms with E-state index in [1.54, 1.807) is 18.2 Å². The van der Waals surface area contributed by atoms with Crippen LogP contribution in [0, 0.1) is 0 Å². The molecule has 0 saturated heterocycles. The Hall–Kier alpha value is -2.15. The Morgan fingerprint density at radius 2 is 1.78 bits per heavy atom. The number of hydrogen-bond acceptors (Lipinski definition) is 5. The summed E-state index contributed by atoms with van der Waals surface area (Å²) in [5, 5.41) is 4.91. The van der Waals surface area contributed by atoms with Crippen molar-refractivity contribution in [3.63, 3.8) is 0 Å². The molecule has 1 N–H and O–H groups in total. The van der Waals surface area contributed by atoms with Crippen LogP contribution in [0.1, 0.15) is 48.2 Å². The number of amides is 1. The highest BCUT2D eigenvalue weighted by atomic mass is 35.5. The third-order valence-electron chi connectivity index (χ3n) is 5.38. The normalized spacial score (nSPS) is 14.4. The number of fused-ring (bicyclic) bond motifs is 1. The van der Waals surface area contributed by atoms with E-state index in [0.717, 1.165) is 10.9 Å². The SMILES string of the molecule is O=C(COC(=O)c1oc2ccccc2c1CSC1CCCCC1)Nc1cc(Cl)cc(Cl)c1. The van der Waals surface area contributed by atoms with Crippen LogP contribution in [0.15, 0.2) is 46.9 Å². The molecule has 1 heterocycles. The second-order valence-electron chi connectivity index (χ2n) is 7.76. The standard InChI is InChI=1S/C24H23Cl2NO4S/c25-15-10-16(26)12-17(11-15)27-22(28)13-30-24(29)23-20(14-32-18-6-2-1-3-7-18)19-8-4-5-9-21(19)31-23/h4-5,8-12,18H,1-3,6-7,13-14H2,(H,27,28). The van der Waals surface area contributed by atoms with Crippen molar-refractivity contribution in [2.75, 3.05) is 11.9 Å². The molecule has 1 aliphatic rings. The number of nitrogens with one attached hydrogen (secondary N) is 1. The highest BCUT2D eigenvalue weighted by molar-refractivity contribution is 7.99. The van der Waals surface area contributed by atoms with Gasteiger partial charge in [0.25, 0.3) is 5.91 Å². The van der Waals surface area contributed by atoms with Crippen molar-refractivity contribution in [3.05, 3.63) is 63.8 Å². The summed E-state index contributed by atoms with van der Waals surface area (Å²) in [4.78, 5) is 25.1. The first-order valence-corrected chi connectivity index (χ1v) is 12.3. The first-order valence-electron chi connectivity index (χ1n) is 10.5. The van der Waals surface area contributed by atoms with Crippen LogP contribution in [0.4, 0.5) is 5.69 Å². The Bertz CT molecular complexity index is 1100. The molecule has 2 aromatic carbocycles. The minimum atomic E-state index is -0.653. The molecule has 5 nitrogen and oxygen atoms in total. The second kappa shape index (κ2) is 10.6. The summed E-state index contributed by atoms with van der Waals surface area (Å²) in [5.74, 6) is -0.321. The van der Waals surface area contributed by atoms with Gasteiger partial charge < -0.3 is 14.5 Å². The van der Waals surface area contributed by atoms with Crippen LogP contribution in [-0.2, 0) is 15.3 Å². The third kappa shape index (κ3) is 5.80. The summed E-state index contributed by atoms with van der Waals surface area (Å²) in [5.41, 5.74) is 1.89. The van der Waals surface area contributed by atoms with Gasteiger partial charge in [0.05, 0.1) is 0 Å². The number of ether oxygens (including phenoxy) is 1. The van der Waals surface area contributed by atoms with Crippen LogP contribution >= 0.6 is 35.0 Å². The monoisotopic (exact) mass is 491 g/mol. The van der Waals surface area contributed by atoms with Gasteiger partial charge in [0.2, 0.25) is 5.76 Å². The largest absolute Gasteiger partial charge is 0.450 e. The maximum absolute atomic E-state index is 12.8. The van der Waals surface area contributed by atoms with Crippen LogP contribution in [-0.4, -0.2) is 23.7 Å². The first-order chi connectivity index (χ1) is 15.5. The van der Waals surface area contributed by atoms with E-state index in [1.165, 1.54) is 32.1 Å². The van der Waals surface area contributed by atoms with E-state index in [0.29, 0.717) is 32.3 Å². The van der Waals surface area contributed by atoms with Crippen LogP contribution in [0.2, 0.25) is 10.0 Å². The number of hydrogen-bond donors (Lipinski definition) is 1. The Balaban J connectivity index is 1.43. The predicted molar refractivity (Wildman–Crippen MR) is 130 cm³/mol. The lowest BCUT2D eigenvalue weighted by atomic mass is 10.0. The number of carbonyl (C=O) groups is 2. The molecule has 1 aromatic heterocycles. The Kier molecular flexibility index (Phi) is 7.66. The van der Waals surface area contributed by atoms with E-state index >= 15 is 0 Å². The van der Waals surface area contributed by atoms with E-state index in [-0.39, 0.29) is 5.76 Å². The lowest BCUT2D eigenvalue weighted by Crippen LogP contribution is -2.21. The average Bonchev–Trinajstić information content (AvgIpc) is 3.15. The van der Waals surface area contributed by atoms with Gasteiger partial charge in [-0.3, -0.25) is 4.79 Å². The number of thioether (sulfide) groups is 1. The molecule has 0 aliphatic heterocycles. The van der Waals surface area contributed by atoms with Crippen molar-refractivity contribution >= 4 is 63.5 Å². The molecule has 168 valence electrons. The van der Waals surface area contributed by atoms with Gasteiger partial charge in [-0.15, -0.1) is 0 Å². The van der Waals surface area contributed by atoms with Crippen molar-refractivity contribution in [3.8, 4) is 0 Å². The highest BCUT2D eigenvalue weighted by Gasteiger charge is 2.24. The lowest BCUT2D eigenvalue weighted by Gasteiger charge is -2.20. The smallest absolute Gasteiger partial charge is 0.375 e. The van der Waals surface area contributed by atoms with E-state index in [2.05, 4.69) is 5.32 Å². The minimum absolute atomic E-state index is 0.160. The van der Waals surface area contributed by atoms with Crippen LogP contribution in [0.5, 0.6) is 0 Å². The highest BCUT2D eigenvalue weighted by Crippen LogP contribution is 2.35. The maximum atomic E-state index is 12.8. The molecule has 0 bridgehead atoms.